The third kappa shape index (κ3) is 4.53. The molecule has 0 spiro atoms. The number of nitro groups is 1. The molecule has 0 aliphatic heterocycles. The van der Waals surface area contributed by atoms with Crippen molar-refractivity contribution in [2.75, 3.05) is 13.2 Å². The van der Waals surface area contributed by atoms with E-state index in [1.165, 1.54) is 12.1 Å². The van der Waals surface area contributed by atoms with Crippen molar-refractivity contribution in [2.24, 2.45) is 7.05 Å². The number of non-ortho nitro benzene ring substituents is 1. The Balaban J connectivity index is 1.78. The van der Waals surface area contributed by atoms with Crippen LogP contribution < -0.4 is 11.0 Å². The number of fused-ring (bicyclic) bond motifs is 3. The van der Waals surface area contributed by atoms with Crippen LogP contribution in [0.3, 0.4) is 0 Å². The Bertz CT molecular complexity index is 1330. The van der Waals surface area contributed by atoms with E-state index in [1.807, 2.05) is 35.9 Å². The number of nitrogens with one attached hydrogen (secondary N) is 2. The molecule has 0 fully saturated rings. The fourth-order valence-electron chi connectivity index (χ4n) is 3.92. The van der Waals surface area contributed by atoms with Crippen LogP contribution in [0.15, 0.2) is 54.6 Å². The van der Waals surface area contributed by atoms with Gasteiger partial charge in [0.2, 0.25) is 0 Å². The molecule has 0 bridgehead atoms. The summed E-state index contributed by atoms with van der Waals surface area (Å²) in [7, 11) is 1.91. The number of carbonyl (C=O) groups excluding carboxylic acids is 1. The molecule has 10 heteroatoms. The molecule has 0 saturated heterocycles. The van der Waals surface area contributed by atoms with Crippen molar-refractivity contribution in [3.05, 3.63) is 70.4 Å². The largest absolute Gasteiger partial charge is 0.351 e. The third-order valence-corrected chi connectivity index (χ3v) is 5.47. The highest BCUT2D eigenvalue weighted by molar-refractivity contribution is 6.13. The van der Waals surface area contributed by atoms with Gasteiger partial charge in [-0.2, -0.15) is 0 Å². The molecule has 3 N–H and O–H groups in total. The average Bonchev–Trinajstić information content (AvgIpc) is 3.13. The average molecular weight is 449 g/mol. The molecule has 4 rings (SSSR count). The number of rotatable bonds is 9. The Morgan fingerprint density at radius 2 is 1.97 bits per heavy atom. The van der Waals surface area contributed by atoms with Gasteiger partial charge in [0, 0.05) is 47.6 Å². The van der Waals surface area contributed by atoms with E-state index in [1.54, 1.807) is 23.8 Å². The number of nitrogens with zero attached hydrogens (tertiary/aromatic N) is 3. The molecule has 2 aromatic carbocycles. The van der Waals surface area contributed by atoms with Crippen molar-refractivity contribution in [1.29, 1.82) is 0 Å². The lowest BCUT2D eigenvalue weighted by atomic mass is 10.1. The minimum absolute atomic E-state index is 0.0457. The van der Waals surface area contributed by atoms with Crippen LogP contribution in [-0.2, 0) is 11.9 Å². The van der Waals surface area contributed by atoms with Crippen LogP contribution in [0.2, 0.25) is 0 Å². The first-order valence-electron chi connectivity index (χ1n) is 10.4. The van der Waals surface area contributed by atoms with E-state index < -0.39 is 4.92 Å². The highest BCUT2D eigenvalue weighted by Crippen LogP contribution is 2.35. The molecular formula is C23H23N5O5. The van der Waals surface area contributed by atoms with E-state index in [2.05, 4.69) is 15.1 Å². The second-order valence-electron chi connectivity index (χ2n) is 7.54. The van der Waals surface area contributed by atoms with Crippen molar-refractivity contribution < 1.29 is 19.8 Å². The molecule has 0 aliphatic rings. The van der Waals surface area contributed by atoms with Gasteiger partial charge < -0.3 is 9.88 Å². The summed E-state index contributed by atoms with van der Waals surface area (Å²) in [5.74, 6) is -0.335. The smallest absolute Gasteiger partial charge is 0.270 e. The number of hydrogen-bond acceptors (Lipinski definition) is 7. The van der Waals surface area contributed by atoms with Crippen LogP contribution in [0.1, 0.15) is 23.3 Å². The number of aryl methyl sites for hydroxylation is 1. The first-order valence-corrected chi connectivity index (χ1v) is 10.4. The Morgan fingerprint density at radius 3 is 2.76 bits per heavy atom. The van der Waals surface area contributed by atoms with E-state index in [9.17, 15) is 14.9 Å². The zero-order chi connectivity index (χ0) is 23.4. The van der Waals surface area contributed by atoms with Gasteiger partial charge in [0.1, 0.15) is 5.69 Å². The number of hydrogen-bond donors (Lipinski definition) is 3. The topological polar surface area (TPSA) is 132 Å². The predicted molar refractivity (Wildman–Crippen MR) is 123 cm³/mol. The van der Waals surface area contributed by atoms with E-state index >= 15 is 0 Å². The summed E-state index contributed by atoms with van der Waals surface area (Å²) >= 11 is 0. The number of pyridine rings is 1. The molecule has 0 aliphatic carbocycles. The van der Waals surface area contributed by atoms with Gasteiger partial charge in [0.05, 0.1) is 22.7 Å². The second kappa shape index (κ2) is 9.74. The van der Waals surface area contributed by atoms with Gasteiger partial charge in [-0.15, -0.1) is 0 Å². The quantitative estimate of drug-likeness (QED) is 0.202. The molecule has 2 heterocycles. The van der Waals surface area contributed by atoms with E-state index in [-0.39, 0.29) is 17.3 Å². The highest BCUT2D eigenvalue weighted by Gasteiger charge is 2.20. The van der Waals surface area contributed by atoms with Crippen molar-refractivity contribution >= 4 is 33.4 Å². The van der Waals surface area contributed by atoms with Gasteiger partial charge in [-0.25, -0.2) is 4.98 Å². The monoisotopic (exact) mass is 449 g/mol. The van der Waals surface area contributed by atoms with Crippen LogP contribution in [-0.4, -0.2) is 38.7 Å². The lowest BCUT2D eigenvalue weighted by Gasteiger charge is -2.10. The van der Waals surface area contributed by atoms with Crippen molar-refractivity contribution in [3.8, 4) is 11.3 Å². The standard InChI is InChI=1S/C23H23N5O5/c1-27-20-10-3-2-9-17(20)18-14-19(23(29)24-11-4-5-12-33-26-30)25-21(22(18)27)15-7-6-8-16(13-15)28(31)32/h2-3,6-10,13-14,26,30H,4-5,11-12H2,1H3,(H,24,29). The fourth-order valence-corrected chi connectivity index (χ4v) is 3.92. The SMILES string of the molecule is Cn1c2ccccc2c2cc(C(=O)NCCCCONO)nc(-c3cccc([N+](=O)[O-])c3)c21. The summed E-state index contributed by atoms with van der Waals surface area (Å²) in [5, 5.41) is 24.4. The van der Waals surface area contributed by atoms with E-state index in [0.717, 1.165) is 21.8 Å². The lowest BCUT2D eigenvalue weighted by Crippen LogP contribution is -2.26. The summed E-state index contributed by atoms with van der Waals surface area (Å²) < 4.78 is 1.99. The maximum atomic E-state index is 12.9. The van der Waals surface area contributed by atoms with Gasteiger partial charge in [-0.05, 0) is 25.0 Å². The highest BCUT2D eigenvalue weighted by atomic mass is 16.8. The van der Waals surface area contributed by atoms with Crippen molar-refractivity contribution in [3.63, 3.8) is 0 Å². The van der Waals surface area contributed by atoms with Gasteiger partial charge in [-0.1, -0.05) is 36.0 Å². The van der Waals surface area contributed by atoms with Gasteiger partial charge in [-0.3, -0.25) is 25.0 Å². The Labute approximate surface area is 188 Å². The molecule has 170 valence electrons. The Kier molecular flexibility index (Phi) is 6.59. The molecule has 0 unspecified atom stereocenters. The number of para-hydroxylation sites is 1. The van der Waals surface area contributed by atoms with Gasteiger partial charge >= 0.3 is 0 Å². The summed E-state index contributed by atoms with van der Waals surface area (Å²) in [6, 6.07) is 15.8. The molecule has 4 aromatic rings. The number of unbranched alkanes of at least 4 members (excludes halogenated alkanes) is 1. The molecular weight excluding hydrogens is 426 g/mol. The van der Waals surface area contributed by atoms with Crippen molar-refractivity contribution in [2.45, 2.75) is 12.8 Å². The van der Waals surface area contributed by atoms with Crippen LogP contribution in [0.5, 0.6) is 0 Å². The van der Waals surface area contributed by atoms with Crippen LogP contribution in [0.25, 0.3) is 33.1 Å². The lowest BCUT2D eigenvalue weighted by molar-refractivity contribution is -0.384. The minimum atomic E-state index is -0.450. The number of nitro benzene ring substituents is 1. The first-order chi connectivity index (χ1) is 16.0. The number of benzene rings is 2. The number of carbonyl (C=O) groups is 1. The molecule has 2 aromatic heterocycles. The maximum absolute atomic E-state index is 12.9. The number of amides is 1. The molecule has 0 atom stereocenters. The summed E-state index contributed by atoms with van der Waals surface area (Å²) in [5.41, 5.74) is 4.63. The summed E-state index contributed by atoms with van der Waals surface area (Å²) in [4.78, 5) is 33.1. The molecule has 10 nitrogen and oxygen atoms in total. The zero-order valence-corrected chi connectivity index (χ0v) is 17.9. The second-order valence-corrected chi connectivity index (χ2v) is 7.54. The number of aromatic nitrogens is 2. The van der Waals surface area contributed by atoms with E-state index in [0.29, 0.717) is 37.3 Å². The Hall–Kier alpha value is -3.86. The van der Waals surface area contributed by atoms with Crippen LogP contribution in [0, 0.1) is 10.1 Å². The normalized spacial score (nSPS) is 11.2. The third-order valence-electron chi connectivity index (χ3n) is 5.47. The fraction of sp³-hybridized carbons (Fsp3) is 0.217. The molecule has 33 heavy (non-hydrogen) atoms. The molecule has 0 radical (unpaired) electrons. The molecule has 0 saturated carbocycles. The molecule has 1 amide bonds. The van der Waals surface area contributed by atoms with Crippen LogP contribution in [0.4, 0.5) is 5.69 Å². The van der Waals surface area contributed by atoms with E-state index in [4.69, 9.17) is 5.21 Å². The van der Waals surface area contributed by atoms with Gasteiger partial charge in [0.15, 0.2) is 0 Å². The Morgan fingerprint density at radius 1 is 1.15 bits per heavy atom. The summed E-state index contributed by atoms with van der Waals surface area (Å²) in [6.07, 6.45) is 1.30. The minimum Gasteiger partial charge on any atom is -0.351 e. The summed E-state index contributed by atoms with van der Waals surface area (Å²) in [6.45, 7) is 0.721. The zero-order valence-electron chi connectivity index (χ0n) is 17.9. The van der Waals surface area contributed by atoms with Crippen molar-refractivity contribution in [1.82, 2.24) is 20.5 Å². The first kappa shape index (κ1) is 22.3. The van der Waals surface area contributed by atoms with Gasteiger partial charge in [0.25, 0.3) is 11.6 Å². The predicted octanol–water partition coefficient (Wildman–Crippen LogP) is 3.72. The maximum Gasteiger partial charge on any atom is 0.270 e. The van der Waals surface area contributed by atoms with Crippen LogP contribution >= 0.6 is 0 Å².